The third kappa shape index (κ3) is 14.7. The number of hydrogen-bond donors (Lipinski definition) is 2. The number of unbranched alkanes of at least 4 members (excludes halogenated alkanes) is 9. The van der Waals surface area contributed by atoms with Crippen LogP contribution in [0.2, 0.25) is 0 Å². The molecule has 24 heavy (non-hydrogen) atoms. The standard InChI is InChI=1S/C21H41NO2/c1-4-5-6-7-8-9-10-11-12-13-14-15-16-17-21(24)22-20(18-23)19(2)3/h11-12,19-20,23H,4-10,13-18H2,1-3H3,(H,22,24)/b12-11-/t20-/m1/s1. The number of rotatable bonds is 16. The fourth-order valence-electron chi connectivity index (χ4n) is 2.70. The molecule has 1 amide bonds. The van der Waals surface area contributed by atoms with Crippen molar-refractivity contribution in [2.24, 2.45) is 5.92 Å². The lowest BCUT2D eigenvalue weighted by atomic mass is 10.0. The van der Waals surface area contributed by atoms with Crippen LogP contribution in [0.4, 0.5) is 0 Å². The Balaban J connectivity index is 3.40. The summed E-state index contributed by atoms with van der Waals surface area (Å²) in [4.78, 5) is 11.8. The number of carbonyl (C=O) groups excluding carboxylic acids is 1. The lowest BCUT2D eigenvalue weighted by Gasteiger charge is -2.19. The van der Waals surface area contributed by atoms with Gasteiger partial charge in [-0.05, 0) is 38.0 Å². The highest BCUT2D eigenvalue weighted by atomic mass is 16.3. The number of nitrogens with one attached hydrogen (secondary N) is 1. The monoisotopic (exact) mass is 339 g/mol. The zero-order valence-electron chi connectivity index (χ0n) is 16.4. The Morgan fingerprint density at radius 3 is 2.00 bits per heavy atom. The van der Waals surface area contributed by atoms with Crippen molar-refractivity contribution in [1.29, 1.82) is 0 Å². The number of allylic oxidation sites excluding steroid dienone is 2. The molecule has 0 fully saturated rings. The van der Waals surface area contributed by atoms with Crippen molar-refractivity contribution in [3.05, 3.63) is 12.2 Å². The Labute approximate surface area is 150 Å². The molecule has 0 heterocycles. The van der Waals surface area contributed by atoms with E-state index in [1.54, 1.807) is 0 Å². The third-order valence-electron chi connectivity index (χ3n) is 4.51. The first kappa shape index (κ1) is 23.2. The van der Waals surface area contributed by atoms with Crippen molar-refractivity contribution in [2.75, 3.05) is 6.61 Å². The fraction of sp³-hybridized carbons (Fsp3) is 0.857. The highest BCUT2D eigenvalue weighted by Gasteiger charge is 2.14. The minimum Gasteiger partial charge on any atom is -0.394 e. The third-order valence-corrected chi connectivity index (χ3v) is 4.51. The molecule has 0 aliphatic heterocycles. The van der Waals surface area contributed by atoms with Gasteiger partial charge in [0, 0.05) is 6.42 Å². The smallest absolute Gasteiger partial charge is 0.220 e. The second-order valence-electron chi connectivity index (χ2n) is 7.23. The van der Waals surface area contributed by atoms with Crippen molar-refractivity contribution >= 4 is 5.91 Å². The van der Waals surface area contributed by atoms with Gasteiger partial charge in [0.2, 0.25) is 5.91 Å². The van der Waals surface area contributed by atoms with Gasteiger partial charge in [0.15, 0.2) is 0 Å². The van der Waals surface area contributed by atoms with E-state index in [4.69, 9.17) is 0 Å². The summed E-state index contributed by atoms with van der Waals surface area (Å²) in [6, 6.07) is -0.109. The highest BCUT2D eigenvalue weighted by molar-refractivity contribution is 5.76. The van der Waals surface area contributed by atoms with Crippen molar-refractivity contribution in [1.82, 2.24) is 5.32 Å². The number of amides is 1. The van der Waals surface area contributed by atoms with Gasteiger partial charge in [-0.3, -0.25) is 4.79 Å². The van der Waals surface area contributed by atoms with E-state index in [0.29, 0.717) is 6.42 Å². The molecule has 1 atom stereocenters. The maximum Gasteiger partial charge on any atom is 0.220 e. The van der Waals surface area contributed by atoms with Gasteiger partial charge in [-0.1, -0.05) is 71.4 Å². The van der Waals surface area contributed by atoms with Gasteiger partial charge in [-0.25, -0.2) is 0 Å². The minimum atomic E-state index is -0.109. The van der Waals surface area contributed by atoms with Crippen molar-refractivity contribution in [3.8, 4) is 0 Å². The Kier molecular flexibility index (Phi) is 16.4. The number of hydrogen-bond acceptors (Lipinski definition) is 2. The minimum absolute atomic E-state index is 0.0206. The van der Waals surface area contributed by atoms with Crippen LogP contribution >= 0.6 is 0 Å². The summed E-state index contributed by atoms with van der Waals surface area (Å²) in [5.41, 5.74) is 0. The first-order valence-corrected chi connectivity index (χ1v) is 10.2. The van der Waals surface area contributed by atoms with Crippen LogP contribution in [0.3, 0.4) is 0 Å². The predicted octanol–water partition coefficient (Wildman–Crippen LogP) is 5.38. The second-order valence-corrected chi connectivity index (χ2v) is 7.23. The molecule has 0 radical (unpaired) electrons. The maximum absolute atomic E-state index is 11.8. The molecule has 0 aromatic heterocycles. The molecule has 0 spiro atoms. The Morgan fingerprint density at radius 1 is 0.917 bits per heavy atom. The summed E-state index contributed by atoms with van der Waals surface area (Å²) in [6.07, 6.45) is 18.9. The maximum atomic E-state index is 11.8. The molecule has 142 valence electrons. The van der Waals surface area contributed by atoms with Crippen LogP contribution in [0.15, 0.2) is 12.2 Å². The molecule has 0 bridgehead atoms. The molecule has 0 saturated heterocycles. The van der Waals surface area contributed by atoms with Gasteiger partial charge in [0.05, 0.1) is 12.6 Å². The molecular weight excluding hydrogens is 298 g/mol. The quantitative estimate of drug-likeness (QED) is 0.293. The van der Waals surface area contributed by atoms with E-state index in [1.165, 1.54) is 44.9 Å². The summed E-state index contributed by atoms with van der Waals surface area (Å²) in [7, 11) is 0. The van der Waals surface area contributed by atoms with Gasteiger partial charge < -0.3 is 10.4 Å². The van der Waals surface area contributed by atoms with Crippen molar-refractivity contribution < 1.29 is 9.90 Å². The molecule has 0 aromatic rings. The van der Waals surface area contributed by atoms with Crippen LogP contribution in [-0.2, 0) is 4.79 Å². The molecular formula is C21H41NO2. The average Bonchev–Trinajstić information content (AvgIpc) is 2.56. The molecule has 0 aliphatic rings. The lowest BCUT2D eigenvalue weighted by Crippen LogP contribution is -2.41. The van der Waals surface area contributed by atoms with Crippen LogP contribution in [0.25, 0.3) is 0 Å². The topological polar surface area (TPSA) is 49.3 Å². The molecule has 0 rings (SSSR count). The number of aliphatic hydroxyl groups is 1. The Morgan fingerprint density at radius 2 is 1.46 bits per heavy atom. The van der Waals surface area contributed by atoms with E-state index in [1.807, 2.05) is 13.8 Å². The highest BCUT2D eigenvalue weighted by Crippen LogP contribution is 2.09. The Bertz CT molecular complexity index is 313. The van der Waals surface area contributed by atoms with E-state index in [2.05, 4.69) is 24.4 Å². The normalized spacial score (nSPS) is 12.9. The van der Waals surface area contributed by atoms with E-state index in [9.17, 15) is 9.90 Å². The summed E-state index contributed by atoms with van der Waals surface area (Å²) >= 11 is 0. The van der Waals surface area contributed by atoms with E-state index < -0.39 is 0 Å². The predicted molar refractivity (Wildman–Crippen MR) is 104 cm³/mol. The van der Waals surface area contributed by atoms with Crippen LogP contribution in [0, 0.1) is 5.92 Å². The molecule has 0 aromatic carbocycles. The second kappa shape index (κ2) is 17.0. The lowest BCUT2D eigenvalue weighted by molar-refractivity contribution is -0.122. The van der Waals surface area contributed by atoms with E-state index in [-0.39, 0.29) is 24.5 Å². The number of carbonyl (C=O) groups is 1. The summed E-state index contributed by atoms with van der Waals surface area (Å²) in [5, 5.41) is 12.1. The molecule has 0 aliphatic carbocycles. The van der Waals surface area contributed by atoms with Crippen LogP contribution in [0.5, 0.6) is 0 Å². The molecule has 3 nitrogen and oxygen atoms in total. The van der Waals surface area contributed by atoms with Gasteiger partial charge >= 0.3 is 0 Å². The van der Waals surface area contributed by atoms with Crippen molar-refractivity contribution in [2.45, 2.75) is 104 Å². The SMILES string of the molecule is CCCCCCCC/C=C\CCCCCC(=O)N[C@H](CO)C(C)C. The van der Waals surface area contributed by atoms with Gasteiger partial charge in [0.1, 0.15) is 0 Å². The van der Waals surface area contributed by atoms with Crippen molar-refractivity contribution in [3.63, 3.8) is 0 Å². The average molecular weight is 340 g/mol. The van der Waals surface area contributed by atoms with E-state index >= 15 is 0 Å². The zero-order valence-corrected chi connectivity index (χ0v) is 16.4. The van der Waals surface area contributed by atoms with Gasteiger partial charge in [0.25, 0.3) is 0 Å². The molecule has 0 saturated carbocycles. The molecule has 0 unspecified atom stereocenters. The molecule has 2 N–H and O–H groups in total. The zero-order chi connectivity index (χ0) is 18.0. The first-order chi connectivity index (χ1) is 11.6. The fourth-order valence-corrected chi connectivity index (χ4v) is 2.70. The number of aliphatic hydroxyl groups excluding tert-OH is 1. The molecule has 3 heteroatoms. The van der Waals surface area contributed by atoms with Crippen LogP contribution in [0.1, 0.15) is 97.8 Å². The first-order valence-electron chi connectivity index (χ1n) is 10.2. The largest absolute Gasteiger partial charge is 0.394 e. The Hall–Kier alpha value is -0.830. The van der Waals surface area contributed by atoms with Crippen LogP contribution < -0.4 is 5.32 Å². The van der Waals surface area contributed by atoms with Crippen LogP contribution in [-0.4, -0.2) is 23.7 Å². The van der Waals surface area contributed by atoms with Gasteiger partial charge in [-0.15, -0.1) is 0 Å². The van der Waals surface area contributed by atoms with E-state index in [0.717, 1.165) is 25.7 Å². The van der Waals surface area contributed by atoms with Gasteiger partial charge in [-0.2, -0.15) is 0 Å². The summed E-state index contributed by atoms with van der Waals surface area (Å²) in [6.45, 7) is 6.30. The summed E-state index contributed by atoms with van der Waals surface area (Å²) in [5.74, 6) is 0.345. The summed E-state index contributed by atoms with van der Waals surface area (Å²) < 4.78 is 0.